The van der Waals surface area contributed by atoms with E-state index in [1.807, 2.05) is 0 Å². The molecule has 0 aliphatic carbocycles. The Kier molecular flexibility index (Phi) is 5.76. The maximum Gasteiger partial charge on any atom is 0.243 e. The van der Waals surface area contributed by atoms with E-state index in [4.69, 9.17) is 0 Å². The third-order valence-electron chi connectivity index (χ3n) is 5.07. The molecular formula is C18H27N3O3S. The first-order chi connectivity index (χ1) is 12.0. The van der Waals surface area contributed by atoms with E-state index in [0.717, 1.165) is 19.5 Å². The first kappa shape index (κ1) is 18.4. The van der Waals surface area contributed by atoms with Crippen LogP contribution in [0.1, 0.15) is 19.8 Å². The minimum absolute atomic E-state index is 0.117. The van der Waals surface area contributed by atoms with Crippen molar-refractivity contribution >= 4 is 15.9 Å². The SMILES string of the molecule is C[C@@H]1CCCN(CC(=O)N2CCN(S(=O)(=O)c3ccccc3)CC2)C1. The number of likely N-dealkylation sites (tertiary alicyclic amines) is 1. The minimum atomic E-state index is -3.46. The lowest BCUT2D eigenvalue weighted by atomic mass is 10.0. The molecule has 138 valence electrons. The number of sulfonamides is 1. The summed E-state index contributed by atoms with van der Waals surface area (Å²) in [7, 11) is -3.46. The van der Waals surface area contributed by atoms with Crippen molar-refractivity contribution in [2.45, 2.75) is 24.7 Å². The molecule has 7 heteroatoms. The van der Waals surface area contributed by atoms with Crippen molar-refractivity contribution in [3.8, 4) is 0 Å². The topological polar surface area (TPSA) is 60.9 Å². The van der Waals surface area contributed by atoms with Gasteiger partial charge in [-0.2, -0.15) is 4.31 Å². The fourth-order valence-electron chi connectivity index (χ4n) is 3.64. The van der Waals surface area contributed by atoms with Crippen molar-refractivity contribution < 1.29 is 13.2 Å². The van der Waals surface area contributed by atoms with Crippen molar-refractivity contribution in [3.63, 3.8) is 0 Å². The van der Waals surface area contributed by atoms with E-state index in [-0.39, 0.29) is 5.91 Å². The van der Waals surface area contributed by atoms with Crippen LogP contribution in [0, 0.1) is 5.92 Å². The molecule has 0 bridgehead atoms. The van der Waals surface area contributed by atoms with E-state index in [2.05, 4.69) is 11.8 Å². The van der Waals surface area contributed by atoms with Gasteiger partial charge in [-0.25, -0.2) is 8.42 Å². The van der Waals surface area contributed by atoms with E-state index in [0.29, 0.717) is 43.5 Å². The molecule has 1 aromatic carbocycles. The summed E-state index contributed by atoms with van der Waals surface area (Å²) in [5.74, 6) is 0.764. The summed E-state index contributed by atoms with van der Waals surface area (Å²) in [5, 5.41) is 0. The Morgan fingerprint density at radius 2 is 1.76 bits per heavy atom. The molecule has 0 saturated carbocycles. The zero-order valence-corrected chi connectivity index (χ0v) is 15.6. The standard InChI is InChI=1S/C18H27N3O3S/c1-16-6-5-9-19(14-16)15-18(22)20-10-12-21(13-11-20)25(23,24)17-7-3-2-4-8-17/h2-4,7-8,16H,5-6,9-15H2,1H3/t16-/m1/s1. The maximum absolute atomic E-state index is 12.6. The molecule has 0 N–H and O–H groups in total. The normalized spacial score (nSPS) is 23.6. The molecule has 1 amide bonds. The molecule has 1 atom stereocenters. The van der Waals surface area contributed by atoms with Crippen molar-refractivity contribution in [2.75, 3.05) is 45.8 Å². The van der Waals surface area contributed by atoms with E-state index in [1.165, 1.54) is 10.7 Å². The Balaban J connectivity index is 1.54. The highest BCUT2D eigenvalue weighted by atomic mass is 32.2. The summed E-state index contributed by atoms with van der Waals surface area (Å²) < 4.78 is 26.7. The second-order valence-electron chi connectivity index (χ2n) is 7.08. The molecule has 2 saturated heterocycles. The van der Waals surface area contributed by atoms with Gasteiger partial charge in [0.1, 0.15) is 0 Å². The molecule has 0 spiro atoms. The second-order valence-corrected chi connectivity index (χ2v) is 9.02. The van der Waals surface area contributed by atoms with Crippen LogP contribution in [0.4, 0.5) is 0 Å². The molecule has 0 unspecified atom stereocenters. The molecule has 1 aromatic rings. The average molecular weight is 365 g/mol. The Labute approximate surface area is 150 Å². The molecule has 2 aliphatic rings. The molecule has 0 aromatic heterocycles. The third kappa shape index (κ3) is 4.40. The number of benzene rings is 1. The molecule has 25 heavy (non-hydrogen) atoms. The molecular weight excluding hydrogens is 338 g/mol. The molecule has 2 fully saturated rings. The summed E-state index contributed by atoms with van der Waals surface area (Å²) in [4.78, 5) is 16.9. The van der Waals surface area contributed by atoms with Gasteiger partial charge in [0, 0.05) is 32.7 Å². The Morgan fingerprint density at radius 1 is 1.08 bits per heavy atom. The smallest absolute Gasteiger partial charge is 0.243 e. The van der Waals surface area contributed by atoms with Crippen molar-refractivity contribution in [1.29, 1.82) is 0 Å². The van der Waals surface area contributed by atoms with E-state index in [1.54, 1.807) is 35.2 Å². The molecule has 2 heterocycles. The van der Waals surface area contributed by atoms with Crippen LogP contribution in [0.25, 0.3) is 0 Å². The first-order valence-electron chi connectivity index (χ1n) is 9.02. The number of carbonyl (C=O) groups is 1. The quantitative estimate of drug-likeness (QED) is 0.806. The van der Waals surface area contributed by atoms with Crippen molar-refractivity contribution in [1.82, 2.24) is 14.1 Å². The second kappa shape index (κ2) is 7.85. The summed E-state index contributed by atoms with van der Waals surface area (Å²) in [6.07, 6.45) is 2.39. The number of piperazine rings is 1. The van der Waals surface area contributed by atoms with Gasteiger partial charge in [0.25, 0.3) is 0 Å². The number of amides is 1. The van der Waals surface area contributed by atoms with Crippen LogP contribution in [0.15, 0.2) is 35.2 Å². The first-order valence-corrected chi connectivity index (χ1v) is 10.5. The molecule has 6 nitrogen and oxygen atoms in total. The highest BCUT2D eigenvalue weighted by Gasteiger charge is 2.30. The lowest BCUT2D eigenvalue weighted by Gasteiger charge is -2.36. The van der Waals surface area contributed by atoms with Crippen molar-refractivity contribution in [2.24, 2.45) is 5.92 Å². The molecule has 2 aliphatic heterocycles. The van der Waals surface area contributed by atoms with Crippen LogP contribution in [0.3, 0.4) is 0 Å². The summed E-state index contributed by atoms with van der Waals surface area (Å²) in [6, 6.07) is 8.49. The highest BCUT2D eigenvalue weighted by molar-refractivity contribution is 7.89. The lowest BCUT2D eigenvalue weighted by molar-refractivity contribution is -0.134. The Bertz CT molecular complexity index is 685. The summed E-state index contributed by atoms with van der Waals surface area (Å²) >= 11 is 0. The van der Waals surface area contributed by atoms with Crippen LogP contribution >= 0.6 is 0 Å². The van der Waals surface area contributed by atoms with Gasteiger partial charge in [-0.3, -0.25) is 9.69 Å². The maximum atomic E-state index is 12.6. The van der Waals surface area contributed by atoms with Crippen molar-refractivity contribution in [3.05, 3.63) is 30.3 Å². The van der Waals surface area contributed by atoms with Gasteiger partial charge in [0.05, 0.1) is 11.4 Å². The average Bonchev–Trinajstić information content (AvgIpc) is 2.62. The summed E-state index contributed by atoms with van der Waals surface area (Å²) in [5.41, 5.74) is 0. The van der Waals surface area contributed by atoms with E-state index < -0.39 is 10.0 Å². The van der Waals surface area contributed by atoms with E-state index >= 15 is 0 Å². The van der Waals surface area contributed by atoms with Gasteiger partial charge in [0.2, 0.25) is 15.9 Å². The molecule has 3 rings (SSSR count). The number of piperidine rings is 1. The Hall–Kier alpha value is -1.44. The third-order valence-corrected chi connectivity index (χ3v) is 6.99. The van der Waals surface area contributed by atoms with Gasteiger partial charge in [-0.05, 0) is 37.4 Å². The lowest BCUT2D eigenvalue weighted by Crippen LogP contribution is -2.53. The van der Waals surface area contributed by atoms with E-state index in [9.17, 15) is 13.2 Å². The number of carbonyl (C=O) groups excluding carboxylic acids is 1. The number of nitrogens with zero attached hydrogens (tertiary/aromatic N) is 3. The Morgan fingerprint density at radius 3 is 2.40 bits per heavy atom. The van der Waals surface area contributed by atoms with Gasteiger partial charge in [-0.1, -0.05) is 25.1 Å². The number of hydrogen-bond acceptors (Lipinski definition) is 4. The zero-order chi connectivity index (χ0) is 17.9. The highest BCUT2D eigenvalue weighted by Crippen LogP contribution is 2.18. The van der Waals surface area contributed by atoms with Gasteiger partial charge >= 0.3 is 0 Å². The van der Waals surface area contributed by atoms with Crippen LogP contribution in [-0.4, -0.2) is 74.2 Å². The van der Waals surface area contributed by atoms with Gasteiger partial charge in [-0.15, -0.1) is 0 Å². The van der Waals surface area contributed by atoms with Gasteiger partial charge in [0.15, 0.2) is 0 Å². The fraction of sp³-hybridized carbons (Fsp3) is 0.611. The number of hydrogen-bond donors (Lipinski definition) is 0. The molecule has 0 radical (unpaired) electrons. The fourth-order valence-corrected chi connectivity index (χ4v) is 5.08. The van der Waals surface area contributed by atoms with Gasteiger partial charge < -0.3 is 4.90 Å². The van der Waals surface area contributed by atoms with Crippen LogP contribution in [0.5, 0.6) is 0 Å². The predicted octanol–water partition coefficient (Wildman–Crippen LogP) is 1.25. The number of rotatable bonds is 4. The predicted molar refractivity (Wildman–Crippen MR) is 96.6 cm³/mol. The van der Waals surface area contributed by atoms with Crippen LogP contribution < -0.4 is 0 Å². The monoisotopic (exact) mass is 365 g/mol. The largest absolute Gasteiger partial charge is 0.339 e. The minimum Gasteiger partial charge on any atom is -0.339 e. The summed E-state index contributed by atoms with van der Waals surface area (Å²) in [6.45, 7) is 6.30. The zero-order valence-electron chi connectivity index (χ0n) is 14.8. The van der Waals surface area contributed by atoms with Crippen LogP contribution in [-0.2, 0) is 14.8 Å². The van der Waals surface area contributed by atoms with Crippen LogP contribution in [0.2, 0.25) is 0 Å².